The highest BCUT2D eigenvalue weighted by atomic mass is 16.8. The Balaban J connectivity index is 1.25. The molecule has 0 aromatic heterocycles. The van der Waals surface area contributed by atoms with Crippen molar-refractivity contribution in [2.24, 2.45) is 56.7 Å². The number of ether oxygens (including phenoxy) is 4. The third kappa shape index (κ3) is 6.14. The summed E-state index contributed by atoms with van der Waals surface area (Å²) in [6, 6.07) is 0. The number of hydrogen-bond acceptors (Lipinski definition) is 14. The lowest BCUT2D eigenvalue weighted by atomic mass is 9.33. The van der Waals surface area contributed by atoms with Gasteiger partial charge in [0.05, 0.1) is 30.1 Å². The maximum Gasteiger partial charge on any atom is 0.315 e. The predicted octanol–water partition coefficient (Wildman–Crippen LogP) is 1.24. The van der Waals surface area contributed by atoms with Gasteiger partial charge in [-0.15, -0.1) is 0 Å². The van der Waals surface area contributed by atoms with Crippen LogP contribution < -0.4 is 0 Å². The molecule has 324 valence electrons. The summed E-state index contributed by atoms with van der Waals surface area (Å²) in [6.07, 6.45) is -10.3. The summed E-state index contributed by atoms with van der Waals surface area (Å²) in [5, 5.41) is 96.1. The first-order valence-electron chi connectivity index (χ1n) is 21.1. The molecular weight excluding hydrogens is 744 g/mol. The van der Waals surface area contributed by atoms with Gasteiger partial charge in [-0.3, -0.25) is 9.59 Å². The number of fused-ring (bicyclic) bond motifs is 7. The third-order valence-corrected chi connectivity index (χ3v) is 17.4. The maximum atomic E-state index is 15.1. The van der Waals surface area contributed by atoms with Gasteiger partial charge in [0.25, 0.3) is 0 Å². The van der Waals surface area contributed by atoms with Crippen molar-refractivity contribution in [1.82, 2.24) is 0 Å². The number of carbonyl (C=O) groups is 2. The fourth-order valence-electron chi connectivity index (χ4n) is 13.8. The summed E-state index contributed by atoms with van der Waals surface area (Å²) < 4.78 is 23.4. The fourth-order valence-corrected chi connectivity index (χ4v) is 13.8. The summed E-state index contributed by atoms with van der Waals surface area (Å²) in [7, 11) is 0. The van der Waals surface area contributed by atoms with Crippen LogP contribution in [-0.4, -0.2) is 139 Å². The number of carboxylic acids is 1. The molecule has 4 saturated carbocycles. The topological polar surface area (TPSA) is 253 Å². The number of aliphatic carboxylic acids is 1. The summed E-state index contributed by atoms with van der Waals surface area (Å²) in [4.78, 5) is 29.2. The average molecular weight is 811 g/mol. The fraction of sp³-hybridized carbons (Fsp3) is 0.905. The molecule has 0 aromatic carbocycles. The highest BCUT2D eigenvalue weighted by Gasteiger charge is 2.73. The summed E-state index contributed by atoms with van der Waals surface area (Å²) in [5.74, 6) is -1.86. The number of carbonyl (C=O) groups excluding carboxylic acids is 1. The van der Waals surface area contributed by atoms with Crippen LogP contribution >= 0.6 is 0 Å². The molecule has 0 radical (unpaired) electrons. The molecule has 7 aliphatic rings. The van der Waals surface area contributed by atoms with E-state index in [0.29, 0.717) is 32.1 Å². The van der Waals surface area contributed by atoms with Crippen molar-refractivity contribution in [2.75, 3.05) is 13.2 Å². The van der Waals surface area contributed by atoms with Crippen LogP contribution in [0, 0.1) is 56.7 Å². The molecule has 6 fully saturated rings. The molecule has 20 atom stereocenters. The minimum atomic E-state index is -1.88. The molecule has 15 nitrogen and oxygen atoms in total. The molecule has 0 aromatic rings. The monoisotopic (exact) mass is 810 g/mol. The molecule has 9 N–H and O–H groups in total. The highest BCUT2D eigenvalue weighted by molar-refractivity contribution is 5.85. The Hall–Kier alpha value is -1.76. The SMILES string of the molecule is C[C@@H]1CCC2(C(=O)OC3O[C@H](CO)[C@@H](O)[C@H](O)[C@H]3OC3O[C@H](CO)[C@@H](O)[C@H](O)[C@H]3O)CC[C@]3(C(=O)O)C(=CCC4[C@@]5(C)CCC(O)C(C)(C)C5CC[C@]43C)C2[C@H]1C. The minimum absolute atomic E-state index is 0.0328. The Labute approximate surface area is 334 Å². The lowest BCUT2D eigenvalue weighted by molar-refractivity contribution is -0.363. The number of esters is 1. The van der Waals surface area contributed by atoms with E-state index in [9.17, 15) is 50.8 Å². The van der Waals surface area contributed by atoms with E-state index in [4.69, 9.17) is 18.9 Å². The van der Waals surface area contributed by atoms with Crippen LogP contribution in [0.15, 0.2) is 11.6 Å². The van der Waals surface area contributed by atoms with Crippen molar-refractivity contribution in [3.63, 3.8) is 0 Å². The molecule has 2 heterocycles. The van der Waals surface area contributed by atoms with Gasteiger partial charge in [-0.1, -0.05) is 53.2 Å². The van der Waals surface area contributed by atoms with Gasteiger partial charge in [-0.2, -0.15) is 0 Å². The van der Waals surface area contributed by atoms with Crippen molar-refractivity contribution in [2.45, 2.75) is 167 Å². The second-order valence-corrected chi connectivity index (χ2v) is 20.0. The normalized spacial score (nSPS) is 53.3. The first-order valence-corrected chi connectivity index (χ1v) is 21.1. The number of allylic oxidation sites excluding steroid dienone is 1. The number of hydrogen-bond donors (Lipinski definition) is 9. The second-order valence-electron chi connectivity index (χ2n) is 20.0. The molecule has 2 saturated heterocycles. The smallest absolute Gasteiger partial charge is 0.315 e. The molecule has 7 unspecified atom stereocenters. The van der Waals surface area contributed by atoms with Gasteiger partial charge in [0.2, 0.25) is 6.29 Å². The Morgan fingerprint density at radius 3 is 2.02 bits per heavy atom. The Morgan fingerprint density at radius 2 is 1.39 bits per heavy atom. The quantitative estimate of drug-likeness (QED) is 0.130. The van der Waals surface area contributed by atoms with Gasteiger partial charge in [0.1, 0.15) is 42.7 Å². The molecular formula is C42H66O15. The van der Waals surface area contributed by atoms with Crippen LogP contribution in [0.3, 0.4) is 0 Å². The van der Waals surface area contributed by atoms with Crippen molar-refractivity contribution in [3.05, 3.63) is 11.6 Å². The van der Waals surface area contributed by atoms with E-state index < -0.39 is 115 Å². The van der Waals surface area contributed by atoms with Crippen LogP contribution in [0.4, 0.5) is 0 Å². The van der Waals surface area contributed by atoms with E-state index in [1.165, 1.54) is 0 Å². The van der Waals surface area contributed by atoms with E-state index in [0.717, 1.165) is 18.4 Å². The molecule has 2 aliphatic heterocycles. The van der Waals surface area contributed by atoms with Crippen molar-refractivity contribution < 1.29 is 74.5 Å². The van der Waals surface area contributed by atoms with E-state index in [2.05, 4.69) is 47.6 Å². The van der Waals surface area contributed by atoms with E-state index in [1.807, 2.05) is 0 Å². The van der Waals surface area contributed by atoms with Gasteiger partial charge in [-0.25, -0.2) is 0 Å². The highest BCUT2D eigenvalue weighted by Crippen LogP contribution is 2.76. The lowest BCUT2D eigenvalue weighted by Crippen LogP contribution is -2.68. The molecule has 0 spiro atoms. The molecule has 7 rings (SSSR count). The Bertz CT molecular complexity index is 1570. The second kappa shape index (κ2) is 15.0. The summed E-state index contributed by atoms with van der Waals surface area (Å²) in [6.45, 7) is 11.4. The first-order chi connectivity index (χ1) is 26.7. The zero-order valence-corrected chi connectivity index (χ0v) is 34.1. The maximum absolute atomic E-state index is 15.1. The number of rotatable bonds is 7. The van der Waals surface area contributed by atoms with Crippen LogP contribution in [-0.2, 0) is 28.5 Å². The van der Waals surface area contributed by atoms with Crippen LogP contribution in [0.1, 0.15) is 99.3 Å². The molecule has 0 bridgehead atoms. The van der Waals surface area contributed by atoms with Gasteiger partial charge < -0.3 is 64.9 Å². The molecule has 5 aliphatic carbocycles. The molecule has 0 amide bonds. The largest absolute Gasteiger partial charge is 0.481 e. The predicted molar refractivity (Wildman–Crippen MR) is 199 cm³/mol. The van der Waals surface area contributed by atoms with Gasteiger partial charge >= 0.3 is 11.9 Å². The van der Waals surface area contributed by atoms with E-state index in [-0.39, 0.29) is 47.3 Å². The Kier molecular flexibility index (Phi) is 11.4. The lowest BCUT2D eigenvalue weighted by Gasteiger charge is -2.70. The van der Waals surface area contributed by atoms with Gasteiger partial charge in [0, 0.05) is 0 Å². The zero-order valence-electron chi connectivity index (χ0n) is 34.1. The number of carboxylic acid groups (broad SMARTS) is 1. The van der Waals surface area contributed by atoms with Crippen molar-refractivity contribution >= 4 is 11.9 Å². The minimum Gasteiger partial charge on any atom is -0.481 e. The Morgan fingerprint density at radius 1 is 0.754 bits per heavy atom. The third-order valence-electron chi connectivity index (χ3n) is 17.4. The molecule has 15 heteroatoms. The van der Waals surface area contributed by atoms with E-state index >= 15 is 4.79 Å². The summed E-state index contributed by atoms with van der Waals surface area (Å²) in [5.41, 5.74) is -2.88. The number of aliphatic hydroxyl groups is 8. The standard InChI is InChI=1S/C42H66O15/c1-19-9-14-41(37(53)57-35-33(31(49)29(47)23(18-44)55-35)56-34-32(50)30(48)28(46)22(17-43)54-34)15-16-42(36(51)52)21(27(41)20(19)2)7-8-25-39(5)12-11-26(45)38(3,4)24(39)10-13-40(25,42)6/h7,19-20,22-35,43-50H,8-18H2,1-6H3,(H,51,52)/t19-,20+,22-,23-,24?,25?,26?,27?,28-,29-,30+,31+,32-,33-,34?,35?,39+,40-,41?,42-/m1/s1. The zero-order chi connectivity index (χ0) is 41.8. The molecule has 57 heavy (non-hydrogen) atoms. The van der Waals surface area contributed by atoms with Crippen LogP contribution in [0.25, 0.3) is 0 Å². The van der Waals surface area contributed by atoms with Crippen molar-refractivity contribution in [1.29, 1.82) is 0 Å². The van der Waals surface area contributed by atoms with E-state index in [1.54, 1.807) is 0 Å². The van der Waals surface area contributed by atoms with Gasteiger partial charge in [-0.05, 0) is 104 Å². The number of aliphatic hydroxyl groups excluding tert-OH is 8. The van der Waals surface area contributed by atoms with Crippen molar-refractivity contribution in [3.8, 4) is 0 Å². The summed E-state index contributed by atoms with van der Waals surface area (Å²) >= 11 is 0. The first kappa shape index (κ1) is 43.3. The van der Waals surface area contributed by atoms with Crippen LogP contribution in [0.2, 0.25) is 0 Å². The van der Waals surface area contributed by atoms with Gasteiger partial charge in [0.15, 0.2) is 12.4 Å². The van der Waals surface area contributed by atoms with Crippen LogP contribution in [0.5, 0.6) is 0 Å². The average Bonchev–Trinajstić information content (AvgIpc) is 3.16.